The Labute approximate surface area is 288 Å². The van der Waals surface area contributed by atoms with Crippen LogP contribution in [0.25, 0.3) is 11.8 Å². The van der Waals surface area contributed by atoms with E-state index >= 15 is 0 Å². The van der Waals surface area contributed by atoms with Gasteiger partial charge in [0, 0.05) is 19.8 Å². The van der Waals surface area contributed by atoms with Crippen molar-refractivity contribution in [3.8, 4) is 11.6 Å². The monoisotopic (exact) mass is 739 g/mol. The fourth-order valence-corrected chi connectivity index (χ4v) is 6.21. The number of aromatic nitrogens is 2. The highest BCUT2D eigenvalue weighted by Crippen LogP contribution is 2.32. The minimum atomic E-state index is -4.87. The molecule has 0 bridgehead atoms. The molecule has 18 nitrogen and oxygen atoms in total. The van der Waals surface area contributed by atoms with Crippen LogP contribution < -0.4 is 5.01 Å². The smallest absolute Gasteiger partial charge is 0.359 e. The van der Waals surface area contributed by atoms with E-state index in [-0.39, 0.29) is 35.5 Å². The van der Waals surface area contributed by atoms with Gasteiger partial charge in [-0.25, -0.2) is 4.79 Å². The van der Waals surface area contributed by atoms with Gasteiger partial charge >= 0.3 is 5.97 Å². The molecule has 264 valence electrons. The molecule has 2 aliphatic heterocycles. The van der Waals surface area contributed by atoms with Crippen molar-refractivity contribution in [1.82, 2.24) is 14.7 Å². The Bertz CT molecular complexity index is 2370. The first kappa shape index (κ1) is 36.2. The summed E-state index contributed by atoms with van der Waals surface area (Å²) in [6.07, 6.45) is 3.96. The van der Waals surface area contributed by atoms with Crippen LogP contribution in [0.4, 0.5) is 5.69 Å². The second kappa shape index (κ2) is 13.7. The minimum Gasteiger partial charge on any atom is -0.493 e. The van der Waals surface area contributed by atoms with Gasteiger partial charge in [0.25, 0.3) is 26.1 Å². The molecule has 3 amide bonds. The topological polar surface area (TPSA) is 260 Å². The number of nitrogens with zero attached hydrogens (tertiary/aromatic N) is 5. The maximum atomic E-state index is 13.6. The van der Waals surface area contributed by atoms with Gasteiger partial charge in [-0.3, -0.25) is 33.2 Å². The summed E-state index contributed by atoms with van der Waals surface area (Å²) < 4.78 is 72.0. The van der Waals surface area contributed by atoms with Gasteiger partial charge in [0.15, 0.2) is 11.5 Å². The van der Waals surface area contributed by atoms with Gasteiger partial charge in [0.2, 0.25) is 17.7 Å². The van der Waals surface area contributed by atoms with Crippen LogP contribution in [-0.4, -0.2) is 88.0 Å². The van der Waals surface area contributed by atoms with Crippen molar-refractivity contribution in [2.45, 2.75) is 29.6 Å². The number of para-hydroxylation sites is 1. The number of carbonyl (C=O) groups is 5. The number of ether oxygens (including phenoxy) is 1. The van der Waals surface area contributed by atoms with Gasteiger partial charge in [0.1, 0.15) is 10.6 Å². The Kier molecular flexibility index (Phi) is 9.70. The molecular formula is C31H25N5O13S2. The minimum absolute atomic E-state index is 0.0651. The van der Waals surface area contributed by atoms with E-state index in [9.17, 15) is 55.0 Å². The highest BCUT2D eigenvalue weighted by molar-refractivity contribution is 7.86. The number of esters is 1. The van der Waals surface area contributed by atoms with Crippen molar-refractivity contribution >= 4 is 67.2 Å². The quantitative estimate of drug-likeness (QED) is 0.0669. The molecule has 0 saturated carbocycles. The number of benzene rings is 2. The molecule has 3 N–H and O–H groups in total. The number of methoxy groups -OCH3 is 1. The molecule has 1 fully saturated rings. The van der Waals surface area contributed by atoms with Crippen LogP contribution in [0.2, 0.25) is 0 Å². The Morgan fingerprint density at radius 3 is 2.22 bits per heavy atom. The van der Waals surface area contributed by atoms with Gasteiger partial charge in [-0.2, -0.15) is 36.7 Å². The first-order valence-corrected chi connectivity index (χ1v) is 17.3. The van der Waals surface area contributed by atoms with Gasteiger partial charge in [-0.1, -0.05) is 18.2 Å². The van der Waals surface area contributed by atoms with E-state index in [1.54, 1.807) is 0 Å². The molecule has 51 heavy (non-hydrogen) atoms. The van der Waals surface area contributed by atoms with Crippen LogP contribution in [0.15, 0.2) is 92.9 Å². The first-order chi connectivity index (χ1) is 23.9. The molecule has 20 heteroatoms. The summed E-state index contributed by atoms with van der Waals surface area (Å²) in [5, 5.41) is 19.6. The number of ketones is 1. The average molecular weight is 740 g/mol. The third kappa shape index (κ3) is 7.14. The summed E-state index contributed by atoms with van der Waals surface area (Å²) in [5.74, 6) is -4.84. The van der Waals surface area contributed by atoms with Gasteiger partial charge in [-0.05, 0) is 54.6 Å². The van der Waals surface area contributed by atoms with E-state index in [0.717, 1.165) is 72.2 Å². The molecule has 5 rings (SSSR count). The summed E-state index contributed by atoms with van der Waals surface area (Å²) in [4.78, 5) is 63.9. The summed E-state index contributed by atoms with van der Waals surface area (Å²) in [7, 11) is -8.53. The first-order valence-electron chi connectivity index (χ1n) is 14.4. The summed E-state index contributed by atoms with van der Waals surface area (Å²) in [5.41, 5.74) is -2.33. The lowest BCUT2D eigenvalue weighted by molar-refractivity contribution is -0.136. The lowest BCUT2D eigenvalue weighted by Crippen LogP contribution is -2.27. The fraction of sp³-hybridized carbons (Fsp3) is 0.129. The molecule has 2 aromatic carbocycles. The van der Waals surface area contributed by atoms with Crippen LogP contribution in [-0.2, 0) is 44.2 Å². The van der Waals surface area contributed by atoms with Gasteiger partial charge < -0.3 is 9.84 Å². The Balaban J connectivity index is 1.64. The van der Waals surface area contributed by atoms with Crippen molar-refractivity contribution in [2.75, 3.05) is 12.1 Å². The number of allylic oxidation sites excluding steroid dienone is 3. The number of rotatable bonds is 10. The van der Waals surface area contributed by atoms with Crippen molar-refractivity contribution < 1.29 is 59.8 Å². The summed E-state index contributed by atoms with van der Waals surface area (Å²) in [6, 6.07) is 9.40. The standard InChI is InChI=1S/C31H25N5O13S2/c1-17(37)27-21(29(40)35(32-27)19-6-5-7-20(16-19)50(43,44)45)12-10-18(34-25(38)14-15-26(34)39)11-13-22-28(31(42)49-2)33-36(30(22)41)23-8-3-4-9-24(23)51(46,47)48/h3-13,16,40H,14-15H2,1-2H3,(H,43,44,45)(H,46,47,48)/b12-10+,18-11-,22-13?. The molecule has 1 saturated heterocycles. The largest absolute Gasteiger partial charge is 0.493 e. The predicted octanol–water partition coefficient (Wildman–Crippen LogP) is 1.82. The second-order valence-electron chi connectivity index (χ2n) is 10.7. The molecule has 3 heterocycles. The number of carbonyl (C=O) groups excluding carboxylic acids is 5. The SMILES string of the molecule is COC(=O)C1=NN(c2ccccc2S(=O)(=O)O)C(=O)C1=C/C=C(/C=C/c1c(C(C)=O)nn(-c2cccc(S(=O)(=O)O)c2)c1O)N1C(=O)CCC1=O. The van der Waals surface area contributed by atoms with Gasteiger partial charge in [-0.15, -0.1) is 0 Å². The zero-order chi connectivity index (χ0) is 37.4. The van der Waals surface area contributed by atoms with Crippen molar-refractivity contribution in [1.29, 1.82) is 0 Å². The van der Waals surface area contributed by atoms with E-state index < -0.39 is 82.4 Å². The molecule has 3 aromatic rings. The average Bonchev–Trinajstić information content (AvgIpc) is 3.71. The zero-order valence-electron chi connectivity index (χ0n) is 26.3. The van der Waals surface area contributed by atoms with E-state index in [1.165, 1.54) is 24.3 Å². The number of amides is 3. The third-order valence-corrected chi connectivity index (χ3v) is 9.12. The van der Waals surface area contributed by atoms with E-state index in [1.807, 2.05) is 0 Å². The number of aromatic hydroxyl groups is 1. The van der Waals surface area contributed by atoms with Crippen molar-refractivity contribution in [2.24, 2.45) is 5.10 Å². The summed E-state index contributed by atoms with van der Waals surface area (Å²) in [6.45, 7) is 1.12. The van der Waals surface area contributed by atoms with Crippen molar-refractivity contribution in [3.05, 3.63) is 89.3 Å². The van der Waals surface area contributed by atoms with E-state index in [0.29, 0.717) is 5.01 Å². The van der Waals surface area contributed by atoms with Crippen LogP contribution in [0.1, 0.15) is 35.8 Å². The Hall–Kier alpha value is -6.09. The normalized spacial score (nSPS) is 16.5. The van der Waals surface area contributed by atoms with Gasteiger partial charge in [0.05, 0.1) is 40.2 Å². The number of hydrogen-bond acceptors (Lipinski definition) is 13. The molecule has 0 spiro atoms. The molecule has 0 aliphatic carbocycles. The molecule has 2 aliphatic rings. The number of imide groups is 1. The van der Waals surface area contributed by atoms with Crippen LogP contribution in [0.3, 0.4) is 0 Å². The maximum absolute atomic E-state index is 13.6. The fourth-order valence-electron chi connectivity index (χ4n) is 5.02. The molecule has 0 unspecified atom stereocenters. The van der Waals surface area contributed by atoms with Crippen LogP contribution >= 0.6 is 0 Å². The third-order valence-electron chi connectivity index (χ3n) is 7.37. The highest BCUT2D eigenvalue weighted by Gasteiger charge is 2.38. The lowest BCUT2D eigenvalue weighted by Gasteiger charge is -2.15. The Morgan fingerprint density at radius 2 is 1.61 bits per heavy atom. The Morgan fingerprint density at radius 1 is 0.941 bits per heavy atom. The van der Waals surface area contributed by atoms with Crippen LogP contribution in [0, 0.1) is 0 Å². The second-order valence-corrected chi connectivity index (χ2v) is 13.5. The number of hydrazone groups is 1. The maximum Gasteiger partial charge on any atom is 0.359 e. The number of likely N-dealkylation sites (tertiary alicyclic amines) is 1. The molecule has 0 atom stereocenters. The molecule has 0 radical (unpaired) electrons. The predicted molar refractivity (Wildman–Crippen MR) is 175 cm³/mol. The highest BCUT2D eigenvalue weighted by atomic mass is 32.2. The number of hydrogen-bond donors (Lipinski definition) is 3. The van der Waals surface area contributed by atoms with E-state index in [4.69, 9.17) is 4.74 Å². The molecular weight excluding hydrogens is 714 g/mol. The molecule has 1 aromatic heterocycles. The zero-order valence-corrected chi connectivity index (χ0v) is 28.0. The van der Waals surface area contributed by atoms with Crippen LogP contribution in [0.5, 0.6) is 5.88 Å². The van der Waals surface area contributed by atoms with Crippen molar-refractivity contribution in [3.63, 3.8) is 0 Å². The number of anilines is 1. The van der Waals surface area contributed by atoms with E-state index in [2.05, 4.69) is 10.2 Å². The number of Topliss-reactive ketones (excluding diaryl/α,β-unsaturated/α-hetero) is 1. The lowest BCUT2D eigenvalue weighted by atomic mass is 10.1. The summed E-state index contributed by atoms with van der Waals surface area (Å²) >= 11 is 0.